The van der Waals surface area contributed by atoms with E-state index in [1.165, 1.54) is 18.4 Å². The van der Waals surface area contributed by atoms with Gasteiger partial charge in [0.15, 0.2) is 5.13 Å². The Bertz CT molecular complexity index is 553. The first-order valence-corrected chi connectivity index (χ1v) is 6.30. The highest BCUT2D eigenvalue weighted by Gasteiger charge is 2.05. The molecule has 6 heteroatoms. The first-order valence-electron chi connectivity index (χ1n) is 5.48. The minimum Gasteiger partial charge on any atom is -0.497 e. The zero-order chi connectivity index (χ0) is 13.0. The molecule has 5 nitrogen and oxygen atoms in total. The van der Waals surface area contributed by atoms with Crippen LogP contribution in [0.1, 0.15) is 6.42 Å². The quantitative estimate of drug-likeness (QED) is 0.841. The third-order valence-corrected chi connectivity index (χ3v) is 3.40. The van der Waals surface area contributed by atoms with E-state index in [1.807, 2.05) is 18.2 Å². The zero-order valence-electron chi connectivity index (χ0n) is 10.2. The molecule has 0 amide bonds. The Labute approximate surface area is 109 Å². The van der Waals surface area contributed by atoms with Crippen molar-refractivity contribution in [2.24, 2.45) is 0 Å². The maximum Gasteiger partial charge on any atom is 0.307 e. The van der Waals surface area contributed by atoms with Gasteiger partial charge in [0.05, 0.1) is 30.9 Å². The fourth-order valence-corrected chi connectivity index (χ4v) is 2.40. The van der Waals surface area contributed by atoms with Crippen LogP contribution >= 0.6 is 11.3 Å². The molecule has 0 aliphatic rings. The van der Waals surface area contributed by atoms with Crippen LogP contribution in [0.5, 0.6) is 5.75 Å². The van der Waals surface area contributed by atoms with Crippen LogP contribution in [0.15, 0.2) is 18.2 Å². The average molecular weight is 266 g/mol. The van der Waals surface area contributed by atoms with E-state index in [9.17, 15) is 4.79 Å². The smallest absolute Gasteiger partial charge is 0.307 e. The van der Waals surface area contributed by atoms with E-state index in [0.29, 0.717) is 13.0 Å². The lowest BCUT2D eigenvalue weighted by atomic mass is 10.3. The van der Waals surface area contributed by atoms with Crippen molar-refractivity contribution in [3.8, 4) is 5.75 Å². The molecule has 18 heavy (non-hydrogen) atoms. The molecule has 0 fully saturated rings. The molecule has 1 aromatic carbocycles. The third kappa shape index (κ3) is 2.89. The van der Waals surface area contributed by atoms with Crippen LogP contribution in [-0.2, 0) is 9.53 Å². The molecular formula is C12H14N2O3S. The fourth-order valence-electron chi connectivity index (χ4n) is 1.48. The van der Waals surface area contributed by atoms with Gasteiger partial charge in [-0.1, -0.05) is 11.3 Å². The predicted octanol–water partition coefficient (Wildman–Crippen LogP) is 2.28. The number of nitrogens with one attached hydrogen (secondary N) is 1. The highest BCUT2D eigenvalue weighted by atomic mass is 32.1. The maximum absolute atomic E-state index is 11.0. The number of ether oxygens (including phenoxy) is 2. The summed E-state index contributed by atoms with van der Waals surface area (Å²) < 4.78 is 10.8. The Hall–Kier alpha value is -1.82. The SMILES string of the molecule is COC(=O)CCNc1nc2ccc(OC)cc2s1. The molecule has 2 aromatic rings. The highest BCUT2D eigenvalue weighted by molar-refractivity contribution is 7.22. The minimum atomic E-state index is -0.231. The summed E-state index contributed by atoms with van der Waals surface area (Å²) in [5.74, 6) is 0.581. The third-order valence-electron chi connectivity index (χ3n) is 2.43. The summed E-state index contributed by atoms with van der Waals surface area (Å²) >= 11 is 1.53. The monoisotopic (exact) mass is 266 g/mol. The number of anilines is 1. The van der Waals surface area contributed by atoms with Crippen LogP contribution in [0.2, 0.25) is 0 Å². The lowest BCUT2D eigenvalue weighted by Crippen LogP contribution is -2.09. The summed E-state index contributed by atoms with van der Waals surface area (Å²) in [6.07, 6.45) is 0.329. The molecule has 96 valence electrons. The van der Waals surface area contributed by atoms with Gasteiger partial charge in [-0.15, -0.1) is 0 Å². The highest BCUT2D eigenvalue weighted by Crippen LogP contribution is 2.28. The Balaban J connectivity index is 2.03. The second-order valence-electron chi connectivity index (χ2n) is 3.61. The van der Waals surface area contributed by atoms with Gasteiger partial charge < -0.3 is 14.8 Å². The summed E-state index contributed by atoms with van der Waals surface area (Å²) in [5.41, 5.74) is 0.918. The molecule has 0 unspecified atom stereocenters. The fraction of sp³-hybridized carbons (Fsp3) is 0.333. The van der Waals surface area contributed by atoms with Gasteiger partial charge in [0, 0.05) is 6.54 Å². The summed E-state index contributed by atoms with van der Waals surface area (Å²) in [7, 11) is 3.02. The van der Waals surface area contributed by atoms with Crippen molar-refractivity contribution in [3.05, 3.63) is 18.2 Å². The number of fused-ring (bicyclic) bond motifs is 1. The molecule has 0 saturated carbocycles. The number of methoxy groups -OCH3 is 2. The van der Waals surface area contributed by atoms with E-state index < -0.39 is 0 Å². The molecule has 0 aliphatic heterocycles. The van der Waals surface area contributed by atoms with Crippen molar-refractivity contribution >= 4 is 32.7 Å². The Kier molecular flexibility index (Phi) is 3.99. The molecular weight excluding hydrogens is 252 g/mol. The first kappa shape index (κ1) is 12.6. The van der Waals surface area contributed by atoms with Crippen molar-refractivity contribution in [2.45, 2.75) is 6.42 Å². The van der Waals surface area contributed by atoms with Crippen LogP contribution in [0, 0.1) is 0 Å². The lowest BCUT2D eigenvalue weighted by molar-refractivity contribution is -0.140. The van der Waals surface area contributed by atoms with E-state index in [2.05, 4.69) is 15.0 Å². The maximum atomic E-state index is 11.0. The van der Waals surface area contributed by atoms with E-state index >= 15 is 0 Å². The van der Waals surface area contributed by atoms with E-state index in [-0.39, 0.29) is 5.97 Å². The van der Waals surface area contributed by atoms with Gasteiger partial charge in [0.25, 0.3) is 0 Å². The molecule has 0 aliphatic carbocycles. The summed E-state index contributed by atoms with van der Waals surface area (Å²) in [6, 6.07) is 5.73. The number of carbonyl (C=O) groups is 1. The first-order chi connectivity index (χ1) is 8.72. The topological polar surface area (TPSA) is 60.5 Å². The van der Waals surface area contributed by atoms with Gasteiger partial charge in [-0.25, -0.2) is 4.98 Å². The largest absolute Gasteiger partial charge is 0.497 e. The van der Waals surface area contributed by atoms with Crippen LogP contribution in [0.4, 0.5) is 5.13 Å². The number of rotatable bonds is 5. The van der Waals surface area contributed by atoms with Crippen LogP contribution in [0.3, 0.4) is 0 Å². The van der Waals surface area contributed by atoms with Crippen molar-refractivity contribution in [1.82, 2.24) is 4.98 Å². The number of hydrogen-bond donors (Lipinski definition) is 1. The van der Waals surface area contributed by atoms with Crippen molar-refractivity contribution in [2.75, 3.05) is 26.1 Å². The van der Waals surface area contributed by atoms with Crippen LogP contribution < -0.4 is 10.1 Å². The van der Waals surface area contributed by atoms with Gasteiger partial charge in [0.2, 0.25) is 0 Å². The molecule has 0 spiro atoms. The van der Waals surface area contributed by atoms with Crippen molar-refractivity contribution in [3.63, 3.8) is 0 Å². The molecule has 1 aromatic heterocycles. The van der Waals surface area contributed by atoms with Gasteiger partial charge in [0.1, 0.15) is 5.75 Å². The number of nitrogens with zero attached hydrogens (tertiary/aromatic N) is 1. The lowest BCUT2D eigenvalue weighted by Gasteiger charge is -2.00. The van der Waals surface area contributed by atoms with Gasteiger partial charge in [-0.05, 0) is 18.2 Å². The molecule has 1 heterocycles. The summed E-state index contributed by atoms with van der Waals surface area (Å²) in [4.78, 5) is 15.4. The number of thiazole rings is 1. The Morgan fingerprint density at radius 1 is 1.44 bits per heavy atom. The number of hydrogen-bond acceptors (Lipinski definition) is 6. The van der Waals surface area contributed by atoms with E-state index in [4.69, 9.17) is 4.74 Å². The molecule has 1 N–H and O–H groups in total. The number of carbonyl (C=O) groups excluding carboxylic acids is 1. The molecule has 0 radical (unpaired) electrons. The second-order valence-corrected chi connectivity index (χ2v) is 4.64. The summed E-state index contributed by atoms with van der Waals surface area (Å²) in [5, 5.41) is 3.90. The number of benzene rings is 1. The van der Waals surface area contributed by atoms with Crippen LogP contribution in [-0.4, -0.2) is 31.7 Å². The van der Waals surface area contributed by atoms with Gasteiger partial charge in [-0.3, -0.25) is 4.79 Å². The number of esters is 1. The van der Waals surface area contributed by atoms with Gasteiger partial charge >= 0.3 is 5.97 Å². The Morgan fingerprint density at radius 2 is 2.28 bits per heavy atom. The normalized spacial score (nSPS) is 10.3. The molecule has 0 saturated heterocycles. The Morgan fingerprint density at radius 3 is 3.00 bits per heavy atom. The van der Waals surface area contributed by atoms with E-state index in [0.717, 1.165) is 21.1 Å². The van der Waals surface area contributed by atoms with Crippen molar-refractivity contribution < 1.29 is 14.3 Å². The molecule has 0 atom stereocenters. The average Bonchev–Trinajstić information content (AvgIpc) is 2.79. The van der Waals surface area contributed by atoms with Crippen LogP contribution in [0.25, 0.3) is 10.2 Å². The predicted molar refractivity (Wildman–Crippen MR) is 71.3 cm³/mol. The van der Waals surface area contributed by atoms with Crippen molar-refractivity contribution in [1.29, 1.82) is 0 Å². The van der Waals surface area contributed by atoms with E-state index in [1.54, 1.807) is 7.11 Å². The number of aromatic nitrogens is 1. The standard InChI is InChI=1S/C12H14N2O3S/c1-16-8-3-4-9-10(7-8)18-12(14-9)13-6-5-11(15)17-2/h3-4,7H,5-6H2,1-2H3,(H,13,14). The summed E-state index contributed by atoms with van der Waals surface area (Å²) in [6.45, 7) is 0.517. The molecule has 0 bridgehead atoms. The zero-order valence-corrected chi connectivity index (χ0v) is 11.0. The van der Waals surface area contributed by atoms with Gasteiger partial charge in [-0.2, -0.15) is 0 Å². The molecule has 2 rings (SSSR count). The minimum absolute atomic E-state index is 0.231. The second kappa shape index (κ2) is 5.68.